The number of thiophene rings is 1. The second-order valence-electron chi connectivity index (χ2n) is 8.99. The van der Waals surface area contributed by atoms with Gasteiger partial charge in [-0.2, -0.15) is 0 Å². The summed E-state index contributed by atoms with van der Waals surface area (Å²) < 4.78 is 34.1. The summed E-state index contributed by atoms with van der Waals surface area (Å²) in [7, 11) is -3.76. The quantitative estimate of drug-likeness (QED) is 0.623. The number of aromatic nitrogens is 2. The Balaban J connectivity index is 1.77. The molecular weight excluding hydrogens is 434 g/mol. The molecule has 31 heavy (non-hydrogen) atoms. The maximum atomic E-state index is 13.1. The van der Waals surface area contributed by atoms with Gasteiger partial charge in [0.1, 0.15) is 10.0 Å². The van der Waals surface area contributed by atoms with Gasteiger partial charge in [0, 0.05) is 25.2 Å². The number of nitrogens with zero attached hydrogens (tertiary/aromatic N) is 2. The molecule has 0 aliphatic carbocycles. The van der Waals surface area contributed by atoms with Gasteiger partial charge in [0.15, 0.2) is 0 Å². The second kappa shape index (κ2) is 8.03. The lowest BCUT2D eigenvalue weighted by Crippen LogP contribution is -2.25. The molecule has 3 heterocycles. The summed E-state index contributed by atoms with van der Waals surface area (Å²) in [6, 6.07) is 7.96. The second-order valence-corrected chi connectivity index (χ2v) is 12.2. The SMILES string of the molecule is CC(C)(C)c1nc2cc(S(=O)(=O)c3ccc(C(N)=O)s3)ccc2n1CC1CCOCC1. The van der Waals surface area contributed by atoms with Crippen molar-refractivity contribution < 1.29 is 17.9 Å². The molecule has 1 aliphatic heterocycles. The van der Waals surface area contributed by atoms with Gasteiger partial charge in [0.05, 0.1) is 20.8 Å². The van der Waals surface area contributed by atoms with Crippen LogP contribution in [0, 0.1) is 5.92 Å². The van der Waals surface area contributed by atoms with Gasteiger partial charge in [-0.25, -0.2) is 13.4 Å². The monoisotopic (exact) mass is 461 g/mol. The number of benzene rings is 1. The lowest BCUT2D eigenvalue weighted by molar-refractivity contribution is 0.0611. The van der Waals surface area contributed by atoms with E-state index >= 15 is 0 Å². The topological polar surface area (TPSA) is 104 Å². The molecule has 0 bridgehead atoms. The maximum Gasteiger partial charge on any atom is 0.258 e. The van der Waals surface area contributed by atoms with Crippen molar-refractivity contribution >= 4 is 38.1 Å². The predicted molar refractivity (Wildman–Crippen MR) is 120 cm³/mol. The van der Waals surface area contributed by atoms with Crippen LogP contribution in [-0.4, -0.2) is 37.1 Å². The Bertz CT molecular complexity index is 1230. The highest BCUT2D eigenvalue weighted by Gasteiger charge is 2.27. The van der Waals surface area contributed by atoms with E-state index in [4.69, 9.17) is 15.5 Å². The molecule has 1 aromatic carbocycles. The number of primary amides is 1. The van der Waals surface area contributed by atoms with E-state index < -0.39 is 15.7 Å². The molecule has 0 spiro atoms. The van der Waals surface area contributed by atoms with Gasteiger partial charge in [0.2, 0.25) is 9.84 Å². The molecule has 1 saturated heterocycles. The number of carbonyl (C=O) groups is 1. The first kappa shape index (κ1) is 22.0. The zero-order valence-electron chi connectivity index (χ0n) is 17.9. The summed E-state index contributed by atoms with van der Waals surface area (Å²) in [5.74, 6) is 0.813. The normalized spacial score (nSPS) is 16.1. The van der Waals surface area contributed by atoms with E-state index in [-0.39, 0.29) is 19.4 Å². The lowest BCUT2D eigenvalue weighted by atomic mass is 9.94. The van der Waals surface area contributed by atoms with E-state index in [2.05, 4.69) is 25.3 Å². The summed E-state index contributed by atoms with van der Waals surface area (Å²) in [4.78, 5) is 16.6. The third-order valence-corrected chi connectivity index (χ3v) is 8.91. The van der Waals surface area contributed by atoms with Gasteiger partial charge in [-0.3, -0.25) is 4.79 Å². The van der Waals surface area contributed by atoms with Crippen LogP contribution >= 0.6 is 11.3 Å². The molecular formula is C22H27N3O4S2. The van der Waals surface area contributed by atoms with Crippen molar-refractivity contribution in [2.45, 2.75) is 54.7 Å². The molecule has 166 valence electrons. The van der Waals surface area contributed by atoms with Crippen LogP contribution in [0.2, 0.25) is 0 Å². The Morgan fingerprint density at radius 1 is 1.23 bits per heavy atom. The number of amides is 1. The largest absolute Gasteiger partial charge is 0.381 e. The number of carbonyl (C=O) groups excluding carboxylic acids is 1. The van der Waals surface area contributed by atoms with Gasteiger partial charge in [-0.1, -0.05) is 20.8 Å². The number of hydrogen-bond donors (Lipinski definition) is 1. The highest BCUT2D eigenvalue weighted by molar-refractivity contribution is 7.93. The zero-order chi connectivity index (χ0) is 22.4. The van der Waals surface area contributed by atoms with Crippen molar-refractivity contribution in [2.75, 3.05) is 13.2 Å². The van der Waals surface area contributed by atoms with Gasteiger partial charge in [0.25, 0.3) is 5.91 Å². The smallest absolute Gasteiger partial charge is 0.258 e. The molecule has 1 aliphatic rings. The van der Waals surface area contributed by atoms with E-state index in [0.29, 0.717) is 11.4 Å². The van der Waals surface area contributed by atoms with Crippen molar-refractivity contribution in [1.29, 1.82) is 0 Å². The molecule has 2 N–H and O–H groups in total. The summed E-state index contributed by atoms with van der Waals surface area (Å²) in [6.45, 7) is 8.73. The Hall–Kier alpha value is -2.23. The van der Waals surface area contributed by atoms with E-state index in [1.54, 1.807) is 12.1 Å². The van der Waals surface area contributed by atoms with Crippen molar-refractivity contribution in [3.63, 3.8) is 0 Å². The number of ether oxygens (including phenoxy) is 1. The number of rotatable bonds is 5. The molecule has 4 rings (SSSR count). The van der Waals surface area contributed by atoms with Gasteiger partial charge in [-0.15, -0.1) is 11.3 Å². The molecule has 0 unspecified atom stereocenters. The zero-order valence-corrected chi connectivity index (χ0v) is 19.6. The van der Waals surface area contributed by atoms with E-state index in [0.717, 1.165) is 55.3 Å². The minimum Gasteiger partial charge on any atom is -0.381 e. The first-order chi connectivity index (χ1) is 14.6. The summed E-state index contributed by atoms with van der Waals surface area (Å²) in [5.41, 5.74) is 6.68. The molecule has 2 aromatic heterocycles. The van der Waals surface area contributed by atoms with Crippen molar-refractivity contribution in [3.05, 3.63) is 41.0 Å². The average Bonchev–Trinajstić information content (AvgIpc) is 3.34. The molecule has 7 nitrogen and oxygen atoms in total. The Kier molecular flexibility index (Phi) is 5.70. The van der Waals surface area contributed by atoms with Crippen LogP contribution in [0.4, 0.5) is 0 Å². The number of nitrogens with two attached hydrogens (primary N) is 1. The fourth-order valence-corrected chi connectivity index (χ4v) is 6.51. The van der Waals surface area contributed by atoms with Crippen LogP contribution in [0.25, 0.3) is 11.0 Å². The third-order valence-electron chi connectivity index (χ3n) is 5.57. The summed E-state index contributed by atoms with van der Waals surface area (Å²) in [6.07, 6.45) is 2.02. The van der Waals surface area contributed by atoms with Crippen LogP contribution in [0.1, 0.15) is 49.1 Å². The third kappa shape index (κ3) is 4.26. The molecule has 1 fully saturated rings. The summed E-state index contributed by atoms with van der Waals surface area (Å²) in [5, 5.41) is 0. The van der Waals surface area contributed by atoms with Gasteiger partial charge >= 0.3 is 0 Å². The van der Waals surface area contributed by atoms with Gasteiger partial charge in [-0.05, 0) is 49.1 Å². The highest BCUT2D eigenvalue weighted by Crippen LogP contribution is 2.33. The van der Waals surface area contributed by atoms with E-state index in [1.807, 2.05) is 6.07 Å². The van der Waals surface area contributed by atoms with Gasteiger partial charge < -0.3 is 15.0 Å². The average molecular weight is 462 g/mol. The fourth-order valence-electron chi connectivity index (χ4n) is 3.93. The molecule has 0 saturated carbocycles. The molecule has 0 atom stereocenters. The Morgan fingerprint density at radius 2 is 1.94 bits per heavy atom. The van der Waals surface area contributed by atoms with E-state index in [9.17, 15) is 13.2 Å². The van der Waals surface area contributed by atoms with Crippen LogP contribution in [0.3, 0.4) is 0 Å². The lowest BCUT2D eigenvalue weighted by Gasteiger charge is -2.26. The Labute approximate surface area is 186 Å². The van der Waals surface area contributed by atoms with E-state index in [1.165, 1.54) is 12.1 Å². The number of imidazole rings is 1. The van der Waals surface area contributed by atoms with Crippen LogP contribution in [-0.2, 0) is 26.5 Å². The van der Waals surface area contributed by atoms with Crippen molar-refractivity contribution in [3.8, 4) is 0 Å². The number of sulfone groups is 1. The van der Waals surface area contributed by atoms with Crippen molar-refractivity contribution in [2.24, 2.45) is 11.7 Å². The Morgan fingerprint density at radius 3 is 2.55 bits per heavy atom. The summed E-state index contributed by atoms with van der Waals surface area (Å²) >= 11 is 0.884. The fraction of sp³-hybridized carbons (Fsp3) is 0.455. The minimum atomic E-state index is -3.76. The minimum absolute atomic E-state index is 0.0957. The molecule has 9 heteroatoms. The maximum absolute atomic E-state index is 13.1. The van der Waals surface area contributed by atoms with Crippen LogP contribution in [0.5, 0.6) is 0 Å². The highest BCUT2D eigenvalue weighted by atomic mass is 32.2. The molecule has 1 amide bonds. The van der Waals surface area contributed by atoms with Crippen LogP contribution < -0.4 is 5.73 Å². The predicted octanol–water partition coefficient (Wildman–Crippen LogP) is 3.75. The number of fused-ring (bicyclic) bond motifs is 1. The van der Waals surface area contributed by atoms with Crippen LogP contribution in [0.15, 0.2) is 39.4 Å². The standard InChI is InChI=1S/C22H27N3O4S2/c1-22(2,3)21-24-16-12-15(31(27,28)19-7-6-18(30-19)20(23)26)4-5-17(16)25(21)13-14-8-10-29-11-9-14/h4-7,12,14H,8-11,13H2,1-3H3,(H2,23,26). The first-order valence-electron chi connectivity index (χ1n) is 10.3. The molecule has 0 radical (unpaired) electrons. The first-order valence-corrected chi connectivity index (χ1v) is 12.6. The van der Waals surface area contributed by atoms with Crippen molar-refractivity contribution in [1.82, 2.24) is 9.55 Å². The molecule has 3 aromatic rings. The number of hydrogen-bond acceptors (Lipinski definition) is 6.